The minimum absolute atomic E-state index is 0.171. The highest BCUT2D eigenvalue weighted by Gasteiger charge is 2.17. The third kappa shape index (κ3) is 4.24. The van der Waals surface area contributed by atoms with E-state index in [0.29, 0.717) is 16.5 Å². The summed E-state index contributed by atoms with van der Waals surface area (Å²) in [4.78, 5) is 17.2. The highest BCUT2D eigenvalue weighted by molar-refractivity contribution is 7.20. The zero-order valence-corrected chi connectivity index (χ0v) is 15.2. The number of hydrogen-bond acceptors (Lipinski definition) is 6. The quantitative estimate of drug-likeness (QED) is 0.678. The van der Waals surface area contributed by atoms with Crippen LogP contribution in [0.1, 0.15) is 31.5 Å². The predicted molar refractivity (Wildman–Crippen MR) is 100 cm³/mol. The van der Waals surface area contributed by atoms with Crippen molar-refractivity contribution < 1.29 is 5.11 Å². The first-order chi connectivity index (χ1) is 12.1. The Labute approximate surface area is 150 Å². The number of benzene rings is 1. The van der Waals surface area contributed by atoms with Gasteiger partial charge in [-0.15, -0.1) is 5.10 Å². The Bertz CT molecular complexity index is 891. The first-order valence-electron chi connectivity index (χ1n) is 8.45. The van der Waals surface area contributed by atoms with Gasteiger partial charge in [-0.2, -0.15) is 4.52 Å². The normalized spacial score (nSPS) is 13.7. The minimum atomic E-state index is -0.560. The van der Waals surface area contributed by atoms with Crippen LogP contribution in [0.5, 0.6) is 0 Å². The molecule has 2 aromatic heterocycles. The van der Waals surface area contributed by atoms with Gasteiger partial charge in [0.25, 0.3) is 5.56 Å². The molecule has 0 saturated heterocycles. The number of fused-ring (bicyclic) bond motifs is 1. The zero-order chi connectivity index (χ0) is 17.8. The van der Waals surface area contributed by atoms with Gasteiger partial charge in [0, 0.05) is 18.2 Å². The number of anilines is 1. The molecule has 25 heavy (non-hydrogen) atoms. The molecule has 7 heteroatoms. The molecule has 0 bridgehead atoms. The van der Waals surface area contributed by atoms with Crippen molar-refractivity contribution in [2.45, 2.75) is 45.3 Å². The SMILES string of the molecule is CCCc1cc(=O)n2nc(NC(C)C(O)Cc3ccccc3)sc2n1. The Balaban J connectivity index is 1.73. The van der Waals surface area contributed by atoms with E-state index in [1.54, 1.807) is 0 Å². The number of nitrogens with one attached hydrogen (secondary N) is 1. The van der Waals surface area contributed by atoms with Crippen LogP contribution in [-0.4, -0.2) is 31.9 Å². The van der Waals surface area contributed by atoms with E-state index >= 15 is 0 Å². The summed E-state index contributed by atoms with van der Waals surface area (Å²) in [6, 6.07) is 11.2. The lowest BCUT2D eigenvalue weighted by Crippen LogP contribution is -2.32. The molecule has 0 radical (unpaired) electrons. The second-order valence-electron chi connectivity index (χ2n) is 6.13. The summed E-state index contributed by atoms with van der Waals surface area (Å²) in [6.45, 7) is 3.96. The van der Waals surface area contributed by atoms with Gasteiger partial charge in [-0.3, -0.25) is 4.79 Å². The fourth-order valence-electron chi connectivity index (χ4n) is 2.62. The first-order valence-corrected chi connectivity index (χ1v) is 9.26. The van der Waals surface area contributed by atoms with E-state index in [1.165, 1.54) is 21.9 Å². The van der Waals surface area contributed by atoms with Gasteiger partial charge < -0.3 is 10.4 Å². The largest absolute Gasteiger partial charge is 0.391 e. The smallest absolute Gasteiger partial charge is 0.275 e. The number of aliphatic hydroxyl groups excluding tert-OH is 1. The molecule has 3 aromatic rings. The van der Waals surface area contributed by atoms with E-state index in [-0.39, 0.29) is 11.6 Å². The summed E-state index contributed by atoms with van der Waals surface area (Å²) in [5.74, 6) is 0. The van der Waals surface area contributed by atoms with Gasteiger partial charge in [0.2, 0.25) is 10.1 Å². The lowest BCUT2D eigenvalue weighted by molar-refractivity contribution is 0.158. The van der Waals surface area contributed by atoms with E-state index in [1.807, 2.05) is 37.3 Å². The van der Waals surface area contributed by atoms with Crippen molar-refractivity contribution in [1.29, 1.82) is 0 Å². The molecule has 6 nitrogen and oxygen atoms in total. The molecular formula is C18H22N4O2S. The Morgan fingerprint density at radius 1 is 1.32 bits per heavy atom. The van der Waals surface area contributed by atoms with Gasteiger partial charge in [-0.1, -0.05) is 55.0 Å². The Morgan fingerprint density at radius 2 is 2.08 bits per heavy atom. The summed E-state index contributed by atoms with van der Waals surface area (Å²) >= 11 is 1.32. The van der Waals surface area contributed by atoms with Crippen molar-refractivity contribution in [3.8, 4) is 0 Å². The van der Waals surface area contributed by atoms with Crippen molar-refractivity contribution in [3.63, 3.8) is 0 Å². The summed E-state index contributed by atoms with van der Waals surface area (Å²) in [5, 5.41) is 18.5. The average Bonchev–Trinajstić information content (AvgIpc) is 2.99. The summed E-state index contributed by atoms with van der Waals surface area (Å²) < 4.78 is 1.31. The summed E-state index contributed by atoms with van der Waals surface area (Å²) in [5.41, 5.74) is 1.70. The third-order valence-corrected chi connectivity index (χ3v) is 4.86. The molecule has 0 saturated carbocycles. The fraction of sp³-hybridized carbons (Fsp3) is 0.389. The Morgan fingerprint density at radius 3 is 2.80 bits per heavy atom. The molecule has 3 rings (SSSR count). The molecule has 132 valence electrons. The molecule has 0 aliphatic rings. The summed E-state index contributed by atoms with van der Waals surface area (Å²) in [6.07, 6.45) is 1.71. The second-order valence-corrected chi connectivity index (χ2v) is 7.08. The molecule has 0 aliphatic heterocycles. The standard InChI is InChI=1S/C18H22N4O2S/c1-3-7-14-11-16(24)22-18(20-14)25-17(21-22)19-12(2)15(23)10-13-8-5-4-6-9-13/h4-6,8-9,11-12,15,23H,3,7,10H2,1-2H3,(H,19,21). The van der Waals surface area contributed by atoms with Gasteiger partial charge >= 0.3 is 0 Å². The lowest BCUT2D eigenvalue weighted by atomic mass is 10.0. The molecule has 2 atom stereocenters. The molecule has 2 heterocycles. The molecule has 2 unspecified atom stereocenters. The van der Waals surface area contributed by atoms with Gasteiger partial charge in [-0.25, -0.2) is 4.98 Å². The topological polar surface area (TPSA) is 79.5 Å². The van der Waals surface area contributed by atoms with Crippen LogP contribution in [0.25, 0.3) is 4.96 Å². The molecule has 1 aromatic carbocycles. The van der Waals surface area contributed by atoms with E-state index in [9.17, 15) is 9.90 Å². The minimum Gasteiger partial charge on any atom is -0.391 e. The number of nitrogens with zero attached hydrogens (tertiary/aromatic N) is 3. The first kappa shape index (κ1) is 17.6. The molecule has 0 amide bonds. The number of hydrogen-bond donors (Lipinski definition) is 2. The van der Waals surface area contributed by atoms with Crippen LogP contribution in [0.3, 0.4) is 0 Å². The highest BCUT2D eigenvalue weighted by Crippen LogP contribution is 2.19. The van der Waals surface area contributed by atoms with Gasteiger partial charge in [-0.05, 0) is 18.9 Å². The van der Waals surface area contributed by atoms with Crippen molar-refractivity contribution in [2.75, 3.05) is 5.32 Å². The van der Waals surface area contributed by atoms with Crippen molar-refractivity contribution in [3.05, 3.63) is 58.0 Å². The zero-order valence-electron chi connectivity index (χ0n) is 14.3. The van der Waals surface area contributed by atoms with E-state index in [2.05, 4.69) is 22.3 Å². The number of aliphatic hydroxyl groups is 1. The van der Waals surface area contributed by atoms with E-state index in [0.717, 1.165) is 24.1 Å². The Hall–Kier alpha value is -2.25. The fourth-order valence-corrected chi connectivity index (χ4v) is 3.54. The number of aromatic nitrogens is 3. The molecule has 0 spiro atoms. The maximum Gasteiger partial charge on any atom is 0.275 e. The van der Waals surface area contributed by atoms with E-state index in [4.69, 9.17) is 0 Å². The molecule has 2 N–H and O–H groups in total. The van der Waals surface area contributed by atoms with Crippen LogP contribution in [0.15, 0.2) is 41.2 Å². The van der Waals surface area contributed by atoms with Crippen molar-refractivity contribution >= 4 is 21.4 Å². The van der Waals surface area contributed by atoms with Gasteiger partial charge in [0.1, 0.15) is 0 Å². The summed E-state index contributed by atoms with van der Waals surface area (Å²) in [7, 11) is 0. The highest BCUT2D eigenvalue weighted by atomic mass is 32.1. The maximum absolute atomic E-state index is 12.1. The van der Waals surface area contributed by atoms with Gasteiger partial charge in [0.15, 0.2) is 0 Å². The van der Waals surface area contributed by atoms with Crippen molar-refractivity contribution in [1.82, 2.24) is 14.6 Å². The van der Waals surface area contributed by atoms with Gasteiger partial charge in [0.05, 0.1) is 12.1 Å². The second kappa shape index (κ2) is 7.76. The number of rotatable bonds is 7. The van der Waals surface area contributed by atoms with E-state index < -0.39 is 6.10 Å². The predicted octanol–water partition coefficient (Wildman–Crippen LogP) is 2.51. The molecular weight excluding hydrogens is 336 g/mol. The van der Waals surface area contributed by atoms with Crippen LogP contribution < -0.4 is 10.9 Å². The monoisotopic (exact) mass is 358 g/mol. The van der Waals surface area contributed by atoms with Crippen LogP contribution in [0.2, 0.25) is 0 Å². The third-order valence-electron chi connectivity index (χ3n) is 4.02. The molecule has 0 aliphatic carbocycles. The lowest BCUT2D eigenvalue weighted by Gasteiger charge is -2.19. The average molecular weight is 358 g/mol. The van der Waals surface area contributed by atoms with Crippen molar-refractivity contribution in [2.24, 2.45) is 0 Å². The molecule has 0 fully saturated rings. The van der Waals surface area contributed by atoms with Crippen LogP contribution >= 0.6 is 11.3 Å². The Kier molecular flexibility index (Phi) is 5.45. The maximum atomic E-state index is 12.1. The van der Waals surface area contributed by atoms with Crippen LogP contribution in [-0.2, 0) is 12.8 Å². The van der Waals surface area contributed by atoms with Crippen LogP contribution in [0.4, 0.5) is 5.13 Å². The number of aryl methyl sites for hydroxylation is 1. The van der Waals surface area contributed by atoms with Crippen LogP contribution in [0, 0.1) is 0 Å².